The fraction of sp³-hybridized carbons (Fsp3) is 0.583. The Morgan fingerprint density at radius 2 is 1.85 bits per heavy atom. The Labute approximate surface area is 115 Å². The minimum Gasteiger partial charge on any atom is -0.476 e. The average Bonchev–Trinajstić information content (AvgIpc) is 2.43. The van der Waals surface area contributed by atoms with Crippen LogP contribution in [0.15, 0.2) is 16.9 Å². The van der Waals surface area contributed by atoms with E-state index < -0.39 is 5.97 Å². The summed E-state index contributed by atoms with van der Waals surface area (Å²) in [7, 11) is 1.59. The number of aromatic carboxylic acids is 1. The first-order valence-corrected chi connectivity index (χ1v) is 6.11. The van der Waals surface area contributed by atoms with Gasteiger partial charge in [-0.25, -0.2) is 9.48 Å². The first-order valence-electron chi connectivity index (χ1n) is 6.11. The summed E-state index contributed by atoms with van der Waals surface area (Å²) in [6.45, 7) is 2.29. The molecule has 0 spiro atoms. The molecular weight excluding hydrogens is 268 g/mol. The van der Waals surface area contributed by atoms with Gasteiger partial charge >= 0.3 is 5.97 Å². The van der Waals surface area contributed by atoms with Gasteiger partial charge in [-0.05, 0) is 6.07 Å². The number of carboxylic acids is 1. The molecule has 0 fully saturated rings. The van der Waals surface area contributed by atoms with E-state index in [2.05, 4.69) is 5.10 Å². The number of rotatable bonds is 10. The number of nitrogens with zero attached hydrogens (tertiary/aromatic N) is 2. The van der Waals surface area contributed by atoms with Gasteiger partial charge in [0.05, 0.1) is 39.6 Å². The van der Waals surface area contributed by atoms with E-state index in [4.69, 9.17) is 19.3 Å². The minimum atomic E-state index is -1.17. The lowest BCUT2D eigenvalue weighted by atomic mass is 10.4. The van der Waals surface area contributed by atoms with E-state index in [0.29, 0.717) is 26.4 Å². The van der Waals surface area contributed by atoms with Crippen LogP contribution in [0.4, 0.5) is 0 Å². The summed E-state index contributed by atoms with van der Waals surface area (Å²) < 4.78 is 16.3. The van der Waals surface area contributed by atoms with Crippen LogP contribution >= 0.6 is 0 Å². The average molecular weight is 286 g/mol. The maximum Gasteiger partial charge on any atom is 0.356 e. The monoisotopic (exact) mass is 286 g/mol. The molecule has 0 aromatic carbocycles. The van der Waals surface area contributed by atoms with Crippen LogP contribution in [0.5, 0.6) is 0 Å². The van der Waals surface area contributed by atoms with Crippen LogP contribution in [0.3, 0.4) is 0 Å². The van der Waals surface area contributed by atoms with Crippen molar-refractivity contribution < 1.29 is 24.1 Å². The summed E-state index contributed by atoms with van der Waals surface area (Å²) >= 11 is 0. The summed E-state index contributed by atoms with van der Waals surface area (Å²) in [4.78, 5) is 22.2. The molecule has 0 aliphatic rings. The maximum absolute atomic E-state index is 11.4. The van der Waals surface area contributed by atoms with Crippen molar-refractivity contribution in [1.82, 2.24) is 9.78 Å². The van der Waals surface area contributed by atoms with Crippen molar-refractivity contribution in [2.75, 3.05) is 40.1 Å². The van der Waals surface area contributed by atoms with E-state index in [1.54, 1.807) is 7.11 Å². The molecule has 1 aromatic rings. The van der Waals surface area contributed by atoms with Gasteiger partial charge < -0.3 is 19.3 Å². The van der Waals surface area contributed by atoms with Crippen molar-refractivity contribution in [2.24, 2.45) is 0 Å². The standard InChI is InChI=1S/C12H18N2O6/c1-18-6-7-20-9-8-19-5-4-14-11(15)3-2-10(13-14)12(16)17/h2-3H,4-9H2,1H3,(H,16,17). The highest BCUT2D eigenvalue weighted by Crippen LogP contribution is 1.90. The summed E-state index contributed by atoms with van der Waals surface area (Å²) in [6, 6.07) is 2.34. The second-order valence-electron chi connectivity index (χ2n) is 3.80. The number of aromatic nitrogens is 2. The molecule has 0 aliphatic heterocycles. The molecule has 0 saturated carbocycles. The first kappa shape index (κ1) is 16.3. The molecule has 0 bridgehead atoms. The van der Waals surface area contributed by atoms with Crippen LogP contribution in [-0.4, -0.2) is 61.0 Å². The smallest absolute Gasteiger partial charge is 0.356 e. The molecule has 112 valence electrons. The third-order valence-electron chi connectivity index (χ3n) is 2.34. The van der Waals surface area contributed by atoms with Crippen molar-refractivity contribution in [3.05, 3.63) is 28.2 Å². The van der Waals surface area contributed by atoms with Crippen LogP contribution in [0.2, 0.25) is 0 Å². The molecule has 0 aliphatic carbocycles. The summed E-state index contributed by atoms with van der Waals surface area (Å²) in [5.74, 6) is -1.17. The first-order chi connectivity index (χ1) is 9.65. The van der Waals surface area contributed by atoms with Crippen LogP contribution < -0.4 is 5.56 Å². The number of methoxy groups -OCH3 is 1. The number of hydrogen-bond donors (Lipinski definition) is 1. The van der Waals surface area contributed by atoms with Crippen LogP contribution in [-0.2, 0) is 20.8 Å². The normalized spacial score (nSPS) is 10.7. The van der Waals surface area contributed by atoms with E-state index in [1.165, 1.54) is 12.1 Å². The van der Waals surface area contributed by atoms with E-state index in [9.17, 15) is 9.59 Å². The summed E-state index contributed by atoms with van der Waals surface area (Å²) in [6.07, 6.45) is 0. The van der Waals surface area contributed by atoms with Crippen molar-refractivity contribution in [2.45, 2.75) is 6.54 Å². The fourth-order valence-corrected chi connectivity index (χ4v) is 1.34. The minimum absolute atomic E-state index is 0.174. The molecule has 0 saturated heterocycles. The Morgan fingerprint density at radius 1 is 1.20 bits per heavy atom. The van der Waals surface area contributed by atoms with Gasteiger partial charge in [-0.1, -0.05) is 0 Å². The molecule has 0 amide bonds. The van der Waals surface area contributed by atoms with E-state index in [-0.39, 0.29) is 24.4 Å². The molecule has 0 unspecified atom stereocenters. The lowest BCUT2D eigenvalue weighted by Gasteiger charge is -2.07. The number of carbonyl (C=O) groups is 1. The van der Waals surface area contributed by atoms with Crippen LogP contribution in [0, 0.1) is 0 Å². The Kier molecular flexibility index (Phi) is 7.48. The van der Waals surface area contributed by atoms with Crippen molar-refractivity contribution in [3.63, 3.8) is 0 Å². The van der Waals surface area contributed by atoms with Gasteiger partial charge in [-0.3, -0.25) is 4.79 Å². The highest BCUT2D eigenvalue weighted by atomic mass is 16.5. The maximum atomic E-state index is 11.4. The molecule has 1 aromatic heterocycles. The summed E-state index contributed by atoms with van der Waals surface area (Å²) in [5, 5.41) is 12.5. The third kappa shape index (κ3) is 5.91. The van der Waals surface area contributed by atoms with Gasteiger partial charge in [0.15, 0.2) is 5.69 Å². The lowest BCUT2D eigenvalue weighted by molar-refractivity contribution is 0.0222. The van der Waals surface area contributed by atoms with Gasteiger partial charge in [-0.2, -0.15) is 5.10 Å². The zero-order valence-corrected chi connectivity index (χ0v) is 11.3. The molecule has 1 rings (SSSR count). The zero-order chi connectivity index (χ0) is 14.8. The molecule has 0 atom stereocenters. The highest BCUT2D eigenvalue weighted by Gasteiger charge is 2.06. The Balaban J connectivity index is 2.26. The fourth-order valence-electron chi connectivity index (χ4n) is 1.34. The molecular formula is C12H18N2O6. The topological polar surface area (TPSA) is 99.9 Å². The third-order valence-corrected chi connectivity index (χ3v) is 2.34. The van der Waals surface area contributed by atoms with Gasteiger partial charge in [0.25, 0.3) is 5.56 Å². The molecule has 8 nitrogen and oxygen atoms in total. The molecule has 0 radical (unpaired) electrons. The Hall–Kier alpha value is -1.77. The second kappa shape index (κ2) is 9.18. The quantitative estimate of drug-likeness (QED) is 0.585. The summed E-state index contributed by atoms with van der Waals surface area (Å²) in [5.41, 5.74) is -0.539. The van der Waals surface area contributed by atoms with Crippen molar-refractivity contribution in [3.8, 4) is 0 Å². The number of carboxylic acid groups (broad SMARTS) is 1. The predicted octanol–water partition coefficient (Wildman–Crippen LogP) is -0.379. The van der Waals surface area contributed by atoms with E-state index in [0.717, 1.165) is 4.68 Å². The highest BCUT2D eigenvalue weighted by molar-refractivity contribution is 5.84. The van der Waals surface area contributed by atoms with Crippen LogP contribution in [0.1, 0.15) is 10.5 Å². The van der Waals surface area contributed by atoms with Crippen LogP contribution in [0.25, 0.3) is 0 Å². The lowest BCUT2D eigenvalue weighted by Crippen LogP contribution is -2.26. The van der Waals surface area contributed by atoms with E-state index in [1.807, 2.05) is 0 Å². The van der Waals surface area contributed by atoms with Crippen molar-refractivity contribution in [1.29, 1.82) is 0 Å². The van der Waals surface area contributed by atoms with E-state index >= 15 is 0 Å². The Morgan fingerprint density at radius 3 is 2.50 bits per heavy atom. The molecule has 1 heterocycles. The number of ether oxygens (including phenoxy) is 3. The second-order valence-corrected chi connectivity index (χ2v) is 3.80. The molecule has 8 heteroatoms. The Bertz CT molecular complexity index is 473. The van der Waals surface area contributed by atoms with Gasteiger partial charge in [0.1, 0.15) is 0 Å². The van der Waals surface area contributed by atoms with Crippen molar-refractivity contribution >= 4 is 5.97 Å². The number of hydrogen-bond acceptors (Lipinski definition) is 6. The molecule has 20 heavy (non-hydrogen) atoms. The van der Waals surface area contributed by atoms with Gasteiger partial charge in [0.2, 0.25) is 0 Å². The zero-order valence-electron chi connectivity index (χ0n) is 11.3. The van der Waals surface area contributed by atoms with Gasteiger partial charge in [0, 0.05) is 13.2 Å². The predicted molar refractivity (Wildman–Crippen MR) is 69.0 cm³/mol. The van der Waals surface area contributed by atoms with Gasteiger partial charge in [-0.15, -0.1) is 0 Å². The molecule has 1 N–H and O–H groups in total. The largest absolute Gasteiger partial charge is 0.476 e. The SMILES string of the molecule is COCCOCCOCCn1nc(C(=O)O)ccc1=O.